The molecule has 1 aromatic heterocycles. The molecule has 1 aliphatic heterocycles. The Bertz CT molecular complexity index is 716. The van der Waals surface area contributed by atoms with Gasteiger partial charge in [-0.25, -0.2) is 9.97 Å². The molecule has 0 aliphatic carbocycles. The van der Waals surface area contributed by atoms with Gasteiger partial charge in [0.15, 0.2) is 0 Å². The van der Waals surface area contributed by atoms with Crippen molar-refractivity contribution in [1.29, 1.82) is 0 Å². The molecular weight excluding hydrogens is 300 g/mol. The lowest BCUT2D eigenvalue weighted by Gasteiger charge is -2.34. The van der Waals surface area contributed by atoms with E-state index in [9.17, 15) is 4.79 Å². The lowest BCUT2D eigenvalue weighted by Crippen LogP contribution is -2.45. The molecule has 126 valence electrons. The summed E-state index contributed by atoms with van der Waals surface area (Å²) in [5.41, 5.74) is 4.62. The highest BCUT2D eigenvalue weighted by Crippen LogP contribution is 2.21. The number of benzene rings is 1. The highest BCUT2D eigenvalue weighted by molar-refractivity contribution is 5.96. The van der Waals surface area contributed by atoms with Gasteiger partial charge in [-0.1, -0.05) is 12.1 Å². The van der Waals surface area contributed by atoms with Gasteiger partial charge in [-0.2, -0.15) is 0 Å². The standard InChI is InChI=1S/C19H24N4O/c1-13-5-4-6-17(11-13)23-9-7-16(8-10-23)22-19(24)18-14(2)20-12-21-15(18)3/h4-6,11-12,16H,7-10H2,1-3H3,(H,22,24). The number of amides is 1. The Kier molecular flexibility index (Phi) is 4.79. The van der Waals surface area contributed by atoms with Crippen LogP contribution in [0, 0.1) is 20.8 Å². The molecule has 1 aromatic carbocycles. The maximum absolute atomic E-state index is 12.5. The summed E-state index contributed by atoms with van der Waals surface area (Å²) in [6.07, 6.45) is 3.40. The number of hydrogen-bond acceptors (Lipinski definition) is 4. The molecule has 1 saturated heterocycles. The van der Waals surface area contributed by atoms with Crippen molar-refractivity contribution in [2.24, 2.45) is 0 Å². The van der Waals surface area contributed by atoms with Crippen molar-refractivity contribution in [3.8, 4) is 0 Å². The zero-order valence-corrected chi connectivity index (χ0v) is 14.5. The van der Waals surface area contributed by atoms with Crippen molar-refractivity contribution in [2.75, 3.05) is 18.0 Å². The van der Waals surface area contributed by atoms with Gasteiger partial charge in [0.2, 0.25) is 0 Å². The Morgan fingerprint density at radius 2 is 1.79 bits per heavy atom. The van der Waals surface area contributed by atoms with Crippen molar-refractivity contribution < 1.29 is 4.79 Å². The summed E-state index contributed by atoms with van der Waals surface area (Å²) in [6.45, 7) is 7.73. The van der Waals surface area contributed by atoms with Crippen LogP contribution in [0.4, 0.5) is 5.69 Å². The van der Waals surface area contributed by atoms with Gasteiger partial charge >= 0.3 is 0 Å². The summed E-state index contributed by atoms with van der Waals surface area (Å²) in [5.74, 6) is -0.0559. The first-order valence-electron chi connectivity index (χ1n) is 8.45. The second-order valence-electron chi connectivity index (χ2n) is 6.49. The Morgan fingerprint density at radius 3 is 2.42 bits per heavy atom. The predicted octanol–water partition coefficient (Wildman–Crippen LogP) is 2.80. The maximum atomic E-state index is 12.5. The van der Waals surface area contributed by atoms with Crippen molar-refractivity contribution in [2.45, 2.75) is 39.7 Å². The zero-order valence-electron chi connectivity index (χ0n) is 14.5. The fourth-order valence-electron chi connectivity index (χ4n) is 3.29. The minimum Gasteiger partial charge on any atom is -0.371 e. The van der Waals surface area contributed by atoms with Crippen LogP contribution in [0.1, 0.15) is 40.2 Å². The normalized spacial score (nSPS) is 15.4. The van der Waals surface area contributed by atoms with E-state index in [0.29, 0.717) is 5.56 Å². The second-order valence-corrected chi connectivity index (χ2v) is 6.49. The Balaban J connectivity index is 1.60. The number of piperidine rings is 1. The van der Waals surface area contributed by atoms with Gasteiger partial charge in [0.1, 0.15) is 6.33 Å². The molecule has 24 heavy (non-hydrogen) atoms. The first-order chi connectivity index (χ1) is 11.5. The number of hydrogen-bond donors (Lipinski definition) is 1. The van der Waals surface area contributed by atoms with Gasteiger partial charge in [0.25, 0.3) is 5.91 Å². The van der Waals surface area contributed by atoms with Crippen LogP contribution in [0.5, 0.6) is 0 Å². The van der Waals surface area contributed by atoms with Crippen LogP contribution in [0.2, 0.25) is 0 Å². The van der Waals surface area contributed by atoms with Crippen LogP contribution >= 0.6 is 0 Å². The third-order valence-electron chi connectivity index (χ3n) is 4.65. The number of anilines is 1. The van der Waals surface area contributed by atoms with Gasteiger partial charge in [-0.3, -0.25) is 4.79 Å². The molecule has 1 amide bonds. The van der Waals surface area contributed by atoms with E-state index in [2.05, 4.69) is 51.4 Å². The van der Waals surface area contributed by atoms with E-state index in [-0.39, 0.29) is 11.9 Å². The molecule has 0 unspecified atom stereocenters. The number of aryl methyl sites for hydroxylation is 3. The van der Waals surface area contributed by atoms with Gasteiger partial charge in [-0.15, -0.1) is 0 Å². The van der Waals surface area contributed by atoms with Crippen LogP contribution in [0.15, 0.2) is 30.6 Å². The minimum atomic E-state index is -0.0559. The topological polar surface area (TPSA) is 58.1 Å². The molecule has 1 aliphatic rings. The van der Waals surface area contributed by atoms with Gasteiger partial charge in [0, 0.05) is 24.8 Å². The Hall–Kier alpha value is -2.43. The van der Waals surface area contributed by atoms with Crippen molar-refractivity contribution in [3.05, 3.63) is 53.1 Å². The van der Waals surface area contributed by atoms with E-state index in [1.54, 1.807) is 0 Å². The zero-order chi connectivity index (χ0) is 17.1. The van der Waals surface area contributed by atoms with Crippen LogP contribution in [0.25, 0.3) is 0 Å². The molecule has 0 spiro atoms. The fourth-order valence-corrected chi connectivity index (χ4v) is 3.29. The minimum absolute atomic E-state index is 0.0559. The van der Waals surface area contributed by atoms with Gasteiger partial charge < -0.3 is 10.2 Å². The van der Waals surface area contributed by atoms with E-state index in [0.717, 1.165) is 37.3 Å². The van der Waals surface area contributed by atoms with E-state index in [1.807, 2.05) is 13.8 Å². The Morgan fingerprint density at radius 1 is 1.12 bits per heavy atom. The number of rotatable bonds is 3. The second kappa shape index (κ2) is 6.99. The quantitative estimate of drug-likeness (QED) is 0.943. The summed E-state index contributed by atoms with van der Waals surface area (Å²) in [6, 6.07) is 8.78. The van der Waals surface area contributed by atoms with E-state index < -0.39 is 0 Å². The molecule has 5 heteroatoms. The summed E-state index contributed by atoms with van der Waals surface area (Å²) >= 11 is 0. The smallest absolute Gasteiger partial charge is 0.255 e. The lowest BCUT2D eigenvalue weighted by atomic mass is 10.0. The molecule has 0 atom stereocenters. The number of carbonyl (C=O) groups is 1. The number of nitrogens with one attached hydrogen (secondary N) is 1. The number of aromatic nitrogens is 2. The van der Waals surface area contributed by atoms with Crippen molar-refractivity contribution >= 4 is 11.6 Å². The van der Waals surface area contributed by atoms with Gasteiger partial charge in [-0.05, 0) is 51.3 Å². The maximum Gasteiger partial charge on any atom is 0.255 e. The van der Waals surface area contributed by atoms with Crippen LogP contribution in [0.3, 0.4) is 0 Å². The fraction of sp³-hybridized carbons (Fsp3) is 0.421. The molecule has 1 fully saturated rings. The summed E-state index contributed by atoms with van der Waals surface area (Å²) < 4.78 is 0. The molecule has 1 N–H and O–H groups in total. The lowest BCUT2D eigenvalue weighted by molar-refractivity contribution is 0.0929. The third kappa shape index (κ3) is 3.55. The highest BCUT2D eigenvalue weighted by atomic mass is 16.1. The van der Waals surface area contributed by atoms with Crippen molar-refractivity contribution in [3.63, 3.8) is 0 Å². The van der Waals surface area contributed by atoms with Gasteiger partial charge in [0.05, 0.1) is 17.0 Å². The van der Waals surface area contributed by atoms with E-state index in [1.165, 1.54) is 17.6 Å². The SMILES string of the molecule is Cc1cccc(N2CCC(NC(=O)c3c(C)ncnc3C)CC2)c1. The van der Waals surface area contributed by atoms with E-state index >= 15 is 0 Å². The molecular formula is C19H24N4O. The molecule has 5 nitrogen and oxygen atoms in total. The molecule has 0 radical (unpaired) electrons. The number of nitrogens with zero attached hydrogens (tertiary/aromatic N) is 3. The van der Waals surface area contributed by atoms with E-state index in [4.69, 9.17) is 0 Å². The van der Waals surface area contributed by atoms with Crippen molar-refractivity contribution in [1.82, 2.24) is 15.3 Å². The first-order valence-corrected chi connectivity index (χ1v) is 8.45. The largest absolute Gasteiger partial charge is 0.371 e. The van der Waals surface area contributed by atoms with Crippen LogP contribution in [-0.4, -0.2) is 35.0 Å². The molecule has 3 rings (SSSR count). The molecule has 2 aromatic rings. The predicted molar refractivity (Wildman–Crippen MR) is 95.4 cm³/mol. The van der Waals surface area contributed by atoms with Crippen LogP contribution in [-0.2, 0) is 0 Å². The average molecular weight is 324 g/mol. The Labute approximate surface area is 143 Å². The summed E-state index contributed by atoms with van der Waals surface area (Å²) in [7, 11) is 0. The molecule has 0 saturated carbocycles. The third-order valence-corrected chi connectivity index (χ3v) is 4.65. The highest BCUT2D eigenvalue weighted by Gasteiger charge is 2.23. The summed E-state index contributed by atoms with van der Waals surface area (Å²) in [5, 5.41) is 3.15. The molecule has 2 heterocycles. The number of carbonyl (C=O) groups excluding carboxylic acids is 1. The van der Waals surface area contributed by atoms with Crippen LogP contribution < -0.4 is 10.2 Å². The first kappa shape index (κ1) is 16.4. The monoisotopic (exact) mass is 324 g/mol. The summed E-state index contributed by atoms with van der Waals surface area (Å²) in [4.78, 5) is 23.2. The average Bonchev–Trinajstić information content (AvgIpc) is 2.55. The molecule has 0 bridgehead atoms.